The molecule has 5 nitrogen and oxygen atoms in total. The van der Waals surface area contributed by atoms with Crippen LogP contribution in [0.4, 0.5) is 13.2 Å². The maximum absolute atomic E-state index is 13.0. The molecule has 1 amide bonds. The van der Waals surface area contributed by atoms with Gasteiger partial charge in [0.15, 0.2) is 11.5 Å². The average molecular weight is 360 g/mol. The van der Waals surface area contributed by atoms with Gasteiger partial charge in [-0.25, -0.2) is 0 Å². The minimum absolute atomic E-state index is 0.220. The highest BCUT2D eigenvalue weighted by Crippen LogP contribution is 2.32. The summed E-state index contributed by atoms with van der Waals surface area (Å²) < 4.78 is 40.4. The molecule has 0 atom stereocenters. The zero-order chi connectivity index (χ0) is 18.3. The van der Waals surface area contributed by atoms with Gasteiger partial charge in [-0.3, -0.25) is 9.20 Å². The molecule has 4 rings (SSSR count). The van der Waals surface area contributed by atoms with E-state index in [1.165, 1.54) is 16.5 Å². The van der Waals surface area contributed by atoms with Crippen molar-refractivity contribution in [2.75, 3.05) is 6.54 Å². The summed E-state index contributed by atoms with van der Waals surface area (Å²) >= 11 is 0. The number of rotatable bonds is 4. The maximum Gasteiger partial charge on any atom is 0.416 e. The van der Waals surface area contributed by atoms with Gasteiger partial charge in [-0.15, -0.1) is 10.2 Å². The first-order valence-electron chi connectivity index (χ1n) is 8.22. The summed E-state index contributed by atoms with van der Waals surface area (Å²) in [6.07, 6.45) is -0.633. The molecule has 1 saturated carbocycles. The van der Waals surface area contributed by atoms with Gasteiger partial charge in [0.05, 0.1) is 11.1 Å². The fourth-order valence-electron chi connectivity index (χ4n) is 2.72. The van der Waals surface area contributed by atoms with E-state index in [2.05, 4.69) is 15.5 Å². The van der Waals surface area contributed by atoms with Crippen LogP contribution >= 0.6 is 0 Å². The van der Waals surface area contributed by atoms with Gasteiger partial charge in [0.1, 0.15) is 0 Å². The molecular formula is C18H15F3N4O. The topological polar surface area (TPSA) is 59.3 Å². The fourth-order valence-corrected chi connectivity index (χ4v) is 2.72. The van der Waals surface area contributed by atoms with Crippen molar-refractivity contribution in [2.24, 2.45) is 5.92 Å². The van der Waals surface area contributed by atoms with Crippen molar-refractivity contribution in [3.8, 4) is 11.4 Å². The molecule has 1 aromatic carbocycles. The normalized spacial score (nSPS) is 14.6. The Morgan fingerprint density at radius 3 is 2.73 bits per heavy atom. The maximum atomic E-state index is 13.0. The van der Waals surface area contributed by atoms with Crippen LogP contribution in [0, 0.1) is 5.92 Å². The summed E-state index contributed by atoms with van der Waals surface area (Å²) in [5, 5.41) is 10.8. The number of aromatic nitrogens is 3. The number of fused-ring (bicyclic) bond motifs is 1. The van der Waals surface area contributed by atoms with E-state index in [-0.39, 0.29) is 17.3 Å². The average Bonchev–Trinajstić information content (AvgIpc) is 3.36. The lowest BCUT2D eigenvalue weighted by molar-refractivity contribution is -0.137. The van der Waals surface area contributed by atoms with Gasteiger partial charge in [-0.2, -0.15) is 13.2 Å². The van der Waals surface area contributed by atoms with Gasteiger partial charge in [0, 0.05) is 18.3 Å². The zero-order valence-corrected chi connectivity index (χ0v) is 13.6. The number of hydrogen-bond acceptors (Lipinski definition) is 3. The van der Waals surface area contributed by atoms with Gasteiger partial charge in [0.2, 0.25) is 0 Å². The Morgan fingerprint density at radius 2 is 2.00 bits per heavy atom. The number of hydrogen-bond donors (Lipinski definition) is 1. The highest BCUT2D eigenvalue weighted by atomic mass is 19.4. The van der Waals surface area contributed by atoms with E-state index in [9.17, 15) is 18.0 Å². The minimum Gasteiger partial charge on any atom is -0.352 e. The summed E-state index contributed by atoms with van der Waals surface area (Å²) in [6.45, 7) is 0.638. The van der Waals surface area contributed by atoms with Crippen molar-refractivity contribution < 1.29 is 18.0 Å². The summed E-state index contributed by atoms with van der Waals surface area (Å²) in [5.41, 5.74) is 0.385. The van der Waals surface area contributed by atoms with Crippen LogP contribution in [0.3, 0.4) is 0 Å². The van der Waals surface area contributed by atoms with Gasteiger partial charge < -0.3 is 5.32 Å². The monoisotopic (exact) mass is 360 g/mol. The number of benzene rings is 1. The lowest BCUT2D eigenvalue weighted by Gasteiger charge is -2.08. The number of carbonyl (C=O) groups excluding carboxylic acids is 1. The second kappa shape index (κ2) is 6.12. The van der Waals surface area contributed by atoms with E-state index >= 15 is 0 Å². The Balaban J connectivity index is 1.69. The van der Waals surface area contributed by atoms with Crippen LogP contribution in [0.25, 0.3) is 17.0 Å². The van der Waals surface area contributed by atoms with Crippen LogP contribution in [-0.2, 0) is 6.18 Å². The molecule has 0 unspecified atom stereocenters. The number of halogens is 3. The van der Waals surface area contributed by atoms with Crippen LogP contribution in [0.15, 0.2) is 42.6 Å². The molecule has 0 aliphatic heterocycles. The highest BCUT2D eigenvalue weighted by Gasteiger charge is 2.30. The van der Waals surface area contributed by atoms with Gasteiger partial charge in [-0.1, -0.05) is 12.1 Å². The Hall–Kier alpha value is -2.90. The summed E-state index contributed by atoms with van der Waals surface area (Å²) in [4.78, 5) is 12.3. The standard InChI is InChI=1S/C18H15F3N4O/c19-18(20,21)14-3-1-2-12(8-14)16-24-23-15-7-6-13(10-25(15)16)17(26)22-9-11-4-5-11/h1-3,6-8,10-11H,4-5,9H2,(H,22,26). The summed E-state index contributed by atoms with van der Waals surface area (Å²) in [5.74, 6) is 0.587. The van der Waals surface area contributed by atoms with Gasteiger partial charge in [0.25, 0.3) is 5.91 Å². The lowest BCUT2D eigenvalue weighted by Crippen LogP contribution is -2.25. The molecule has 3 aromatic rings. The molecule has 1 aliphatic rings. The third-order valence-corrected chi connectivity index (χ3v) is 4.36. The van der Waals surface area contributed by atoms with E-state index < -0.39 is 11.7 Å². The van der Waals surface area contributed by atoms with Crippen molar-refractivity contribution in [3.05, 3.63) is 53.7 Å². The zero-order valence-electron chi connectivity index (χ0n) is 13.6. The van der Waals surface area contributed by atoms with Gasteiger partial charge >= 0.3 is 6.18 Å². The van der Waals surface area contributed by atoms with Crippen LogP contribution < -0.4 is 5.32 Å². The number of amides is 1. The Kier molecular flexibility index (Phi) is 3.90. The smallest absolute Gasteiger partial charge is 0.352 e. The molecule has 0 spiro atoms. The minimum atomic E-state index is -4.44. The molecule has 1 N–H and O–H groups in total. The van der Waals surface area contributed by atoms with Crippen molar-refractivity contribution in [2.45, 2.75) is 19.0 Å². The molecular weight excluding hydrogens is 345 g/mol. The number of alkyl halides is 3. The van der Waals surface area contributed by atoms with Crippen LogP contribution in [0.1, 0.15) is 28.8 Å². The second-order valence-electron chi connectivity index (χ2n) is 6.40. The Morgan fingerprint density at radius 1 is 1.19 bits per heavy atom. The number of nitrogens with zero attached hydrogens (tertiary/aromatic N) is 3. The molecule has 2 heterocycles. The van der Waals surface area contributed by atoms with E-state index in [0.717, 1.165) is 25.0 Å². The predicted octanol–water partition coefficient (Wildman–Crippen LogP) is 3.55. The van der Waals surface area contributed by atoms with E-state index in [0.29, 0.717) is 23.7 Å². The Bertz CT molecular complexity index is 976. The molecule has 0 bridgehead atoms. The predicted molar refractivity (Wildman–Crippen MR) is 88.5 cm³/mol. The Labute approximate surface area is 146 Å². The van der Waals surface area contributed by atoms with Crippen molar-refractivity contribution >= 4 is 11.6 Å². The lowest BCUT2D eigenvalue weighted by atomic mass is 10.1. The summed E-state index contributed by atoms with van der Waals surface area (Å²) in [6, 6.07) is 8.13. The largest absolute Gasteiger partial charge is 0.416 e. The molecule has 8 heteroatoms. The number of pyridine rings is 1. The quantitative estimate of drug-likeness (QED) is 0.774. The molecule has 134 valence electrons. The first-order valence-corrected chi connectivity index (χ1v) is 8.22. The number of carbonyl (C=O) groups is 1. The molecule has 1 fully saturated rings. The SMILES string of the molecule is O=C(NCC1CC1)c1ccc2nnc(-c3cccc(C(F)(F)F)c3)n2c1. The molecule has 0 saturated heterocycles. The molecule has 1 aliphatic carbocycles. The second-order valence-corrected chi connectivity index (χ2v) is 6.40. The van der Waals surface area contributed by atoms with Crippen molar-refractivity contribution in [3.63, 3.8) is 0 Å². The van der Waals surface area contributed by atoms with Crippen LogP contribution in [0.2, 0.25) is 0 Å². The molecule has 0 radical (unpaired) electrons. The highest BCUT2D eigenvalue weighted by molar-refractivity contribution is 5.94. The molecule has 2 aromatic heterocycles. The van der Waals surface area contributed by atoms with E-state index in [1.54, 1.807) is 18.3 Å². The van der Waals surface area contributed by atoms with Crippen LogP contribution in [0.5, 0.6) is 0 Å². The third kappa shape index (κ3) is 3.26. The van der Waals surface area contributed by atoms with Crippen molar-refractivity contribution in [1.82, 2.24) is 19.9 Å². The number of nitrogens with one attached hydrogen (secondary N) is 1. The first kappa shape index (κ1) is 16.6. The van der Waals surface area contributed by atoms with Crippen LogP contribution in [-0.4, -0.2) is 27.0 Å². The van der Waals surface area contributed by atoms with Gasteiger partial charge in [-0.05, 0) is 43.0 Å². The first-order chi connectivity index (χ1) is 12.4. The van der Waals surface area contributed by atoms with E-state index in [1.807, 2.05) is 0 Å². The molecule has 26 heavy (non-hydrogen) atoms. The van der Waals surface area contributed by atoms with Crippen molar-refractivity contribution in [1.29, 1.82) is 0 Å². The van der Waals surface area contributed by atoms with E-state index in [4.69, 9.17) is 0 Å². The third-order valence-electron chi connectivity index (χ3n) is 4.36. The summed E-state index contributed by atoms with van der Waals surface area (Å²) in [7, 11) is 0. The fraction of sp³-hybridized carbons (Fsp3) is 0.278.